The van der Waals surface area contributed by atoms with E-state index in [4.69, 9.17) is 4.74 Å². The lowest BCUT2D eigenvalue weighted by molar-refractivity contribution is -0.384. The topological polar surface area (TPSA) is 110 Å². The van der Waals surface area contributed by atoms with Crippen LogP contribution >= 0.6 is 11.8 Å². The summed E-state index contributed by atoms with van der Waals surface area (Å²) in [6.45, 7) is 1.78. The molecule has 1 aromatic heterocycles. The zero-order valence-electron chi connectivity index (χ0n) is 14.1. The molecule has 0 aliphatic heterocycles. The van der Waals surface area contributed by atoms with Crippen LogP contribution in [0.5, 0.6) is 5.75 Å². The summed E-state index contributed by atoms with van der Waals surface area (Å²) < 4.78 is 5.17. The van der Waals surface area contributed by atoms with Crippen LogP contribution in [-0.4, -0.2) is 33.7 Å². The van der Waals surface area contributed by atoms with Crippen LogP contribution in [0.15, 0.2) is 41.6 Å². The van der Waals surface area contributed by atoms with Gasteiger partial charge in [0.15, 0.2) is 5.16 Å². The van der Waals surface area contributed by atoms with Crippen molar-refractivity contribution >= 4 is 40.1 Å². The molecule has 1 amide bonds. The average molecular weight is 372 g/mol. The molecule has 2 N–H and O–H groups in total. The predicted molar refractivity (Wildman–Crippen MR) is 99.8 cm³/mol. The van der Waals surface area contributed by atoms with Gasteiger partial charge in [-0.3, -0.25) is 14.9 Å². The first-order valence-corrected chi connectivity index (χ1v) is 8.66. The number of anilines is 1. The van der Waals surface area contributed by atoms with Crippen molar-refractivity contribution in [1.82, 2.24) is 9.97 Å². The van der Waals surface area contributed by atoms with Crippen LogP contribution in [0, 0.1) is 17.0 Å². The van der Waals surface area contributed by atoms with Gasteiger partial charge in [0.25, 0.3) is 5.69 Å². The molecule has 0 aliphatic carbocycles. The average Bonchev–Trinajstić information content (AvgIpc) is 3.03. The minimum Gasteiger partial charge on any atom is -0.497 e. The van der Waals surface area contributed by atoms with E-state index in [2.05, 4.69) is 15.3 Å². The van der Waals surface area contributed by atoms with Gasteiger partial charge in [0.2, 0.25) is 5.91 Å². The van der Waals surface area contributed by atoms with Gasteiger partial charge in [0.1, 0.15) is 5.75 Å². The summed E-state index contributed by atoms with van der Waals surface area (Å²) in [4.78, 5) is 30.1. The van der Waals surface area contributed by atoms with Crippen molar-refractivity contribution in [3.05, 3.63) is 52.1 Å². The van der Waals surface area contributed by atoms with Crippen LogP contribution in [-0.2, 0) is 4.79 Å². The number of carbonyl (C=O) groups is 1. The number of nitrogens with one attached hydrogen (secondary N) is 2. The summed E-state index contributed by atoms with van der Waals surface area (Å²) in [5.74, 6) is 0.576. The smallest absolute Gasteiger partial charge is 0.271 e. The van der Waals surface area contributed by atoms with Crippen LogP contribution in [0.2, 0.25) is 0 Å². The number of carbonyl (C=O) groups excluding carboxylic acids is 1. The summed E-state index contributed by atoms with van der Waals surface area (Å²) in [5.41, 5.74) is 2.72. The molecule has 1 heterocycles. The Kier molecular flexibility index (Phi) is 5.08. The number of hydrogen-bond acceptors (Lipinski definition) is 6. The van der Waals surface area contributed by atoms with Gasteiger partial charge in [-0.1, -0.05) is 17.8 Å². The van der Waals surface area contributed by atoms with Crippen molar-refractivity contribution in [3.63, 3.8) is 0 Å². The lowest BCUT2D eigenvalue weighted by Crippen LogP contribution is -2.15. The van der Waals surface area contributed by atoms with Crippen molar-refractivity contribution in [2.24, 2.45) is 0 Å². The molecule has 9 heteroatoms. The number of nitro groups is 1. The summed E-state index contributed by atoms with van der Waals surface area (Å²) in [6.07, 6.45) is 0. The molecule has 3 rings (SSSR count). The monoisotopic (exact) mass is 372 g/mol. The first kappa shape index (κ1) is 17.7. The number of nitro benzene ring substituents is 1. The number of aromatic amines is 1. The van der Waals surface area contributed by atoms with Gasteiger partial charge in [0.05, 0.1) is 34.5 Å². The molecule has 0 spiro atoms. The van der Waals surface area contributed by atoms with E-state index in [1.807, 2.05) is 18.2 Å². The standard InChI is InChI=1S/C17H16N4O4S/c1-10-3-4-11(21(23)24)7-14(10)18-16(22)9-26-17-19-13-6-5-12(25-2)8-15(13)20-17/h3-8H,9H2,1-2H3,(H,18,22)(H,19,20). The number of amides is 1. The van der Waals surface area contributed by atoms with Gasteiger partial charge in [-0.2, -0.15) is 0 Å². The van der Waals surface area contributed by atoms with Gasteiger partial charge < -0.3 is 15.0 Å². The first-order valence-electron chi connectivity index (χ1n) is 7.67. The molecule has 0 bridgehead atoms. The zero-order valence-corrected chi connectivity index (χ0v) is 14.9. The maximum absolute atomic E-state index is 12.2. The summed E-state index contributed by atoms with van der Waals surface area (Å²) >= 11 is 1.25. The molecule has 134 valence electrons. The summed E-state index contributed by atoms with van der Waals surface area (Å²) in [7, 11) is 1.59. The Morgan fingerprint density at radius 2 is 2.15 bits per heavy atom. The minimum atomic E-state index is -0.494. The van der Waals surface area contributed by atoms with Gasteiger partial charge in [-0.05, 0) is 24.6 Å². The Morgan fingerprint density at radius 1 is 1.35 bits per heavy atom. The van der Waals surface area contributed by atoms with Crippen molar-refractivity contribution in [1.29, 1.82) is 0 Å². The van der Waals surface area contributed by atoms with E-state index < -0.39 is 4.92 Å². The Hall–Kier alpha value is -3.07. The molecule has 2 aromatic carbocycles. The van der Waals surface area contributed by atoms with Gasteiger partial charge in [-0.15, -0.1) is 0 Å². The third-order valence-electron chi connectivity index (χ3n) is 3.71. The number of fused-ring (bicyclic) bond motifs is 1. The van der Waals surface area contributed by atoms with Crippen LogP contribution < -0.4 is 10.1 Å². The normalized spacial score (nSPS) is 10.7. The van der Waals surface area contributed by atoms with Gasteiger partial charge >= 0.3 is 0 Å². The molecule has 0 atom stereocenters. The van der Waals surface area contributed by atoms with E-state index in [1.165, 1.54) is 23.9 Å². The maximum Gasteiger partial charge on any atom is 0.271 e. The van der Waals surface area contributed by atoms with E-state index in [9.17, 15) is 14.9 Å². The molecule has 0 fully saturated rings. The summed E-state index contributed by atoms with van der Waals surface area (Å²) in [5, 5.41) is 14.2. The molecule has 0 unspecified atom stereocenters. The molecule has 0 saturated carbocycles. The number of non-ortho nitro benzene ring substituents is 1. The number of aryl methyl sites for hydroxylation is 1. The van der Waals surface area contributed by atoms with Crippen molar-refractivity contribution in [2.75, 3.05) is 18.2 Å². The predicted octanol–water partition coefficient (Wildman–Crippen LogP) is 3.52. The fraction of sp³-hybridized carbons (Fsp3) is 0.176. The third kappa shape index (κ3) is 3.94. The van der Waals surface area contributed by atoms with E-state index in [1.54, 1.807) is 20.1 Å². The number of benzene rings is 2. The van der Waals surface area contributed by atoms with E-state index in [0.717, 1.165) is 22.3 Å². The summed E-state index contributed by atoms with van der Waals surface area (Å²) in [6, 6.07) is 9.84. The van der Waals surface area contributed by atoms with Gasteiger partial charge in [-0.25, -0.2) is 4.98 Å². The fourth-order valence-electron chi connectivity index (χ4n) is 2.34. The fourth-order valence-corrected chi connectivity index (χ4v) is 3.02. The van der Waals surface area contributed by atoms with Crippen molar-refractivity contribution in [2.45, 2.75) is 12.1 Å². The van der Waals surface area contributed by atoms with Gasteiger partial charge in [0, 0.05) is 18.2 Å². The number of ether oxygens (including phenoxy) is 1. The molecule has 0 saturated heterocycles. The molecule has 0 radical (unpaired) electrons. The SMILES string of the molecule is COc1ccc2nc(SCC(=O)Nc3cc([N+](=O)[O-])ccc3C)[nH]c2c1. The third-order valence-corrected chi connectivity index (χ3v) is 4.59. The Labute approximate surface area is 153 Å². The first-order chi connectivity index (χ1) is 12.5. The molecule has 3 aromatic rings. The lowest BCUT2D eigenvalue weighted by Gasteiger charge is -2.07. The number of H-pyrrole nitrogens is 1. The molecule has 0 aliphatic rings. The van der Waals surface area contributed by atoms with E-state index in [-0.39, 0.29) is 17.3 Å². The molecule has 26 heavy (non-hydrogen) atoms. The number of nitrogens with zero attached hydrogens (tertiary/aromatic N) is 2. The highest BCUT2D eigenvalue weighted by Crippen LogP contribution is 2.24. The van der Waals surface area contributed by atoms with E-state index in [0.29, 0.717) is 10.8 Å². The highest BCUT2D eigenvalue weighted by Gasteiger charge is 2.12. The number of hydrogen-bond donors (Lipinski definition) is 2. The second kappa shape index (κ2) is 7.44. The Morgan fingerprint density at radius 3 is 2.88 bits per heavy atom. The van der Waals surface area contributed by atoms with Crippen LogP contribution in [0.25, 0.3) is 11.0 Å². The number of methoxy groups -OCH3 is 1. The highest BCUT2D eigenvalue weighted by molar-refractivity contribution is 7.99. The minimum absolute atomic E-state index is 0.0650. The lowest BCUT2D eigenvalue weighted by atomic mass is 10.2. The van der Waals surface area contributed by atoms with Crippen LogP contribution in [0.3, 0.4) is 0 Å². The number of aromatic nitrogens is 2. The second-order valence-corrected chi connectivity index (χ2v) is 6.48. The molecular weight excluding hydrogens is 356 g/mol. The Balaban J connectivity index is 1.66. The highest BCUT2D eigenvalue weighted by atomic mass is 32.2. The van der Waals surface area contributed by atoms with Crippen molar-refractivity contribution in [3.8, 4) is 5.75 Å². The largest absolute Gasteiger partial charge is 0.497 e. The number of thioether (sulfide) groups is 1. The number of rotatable bonds is 6. The second-order valence-electron chi connectivity index (χ2n) is 5.52. The zero-order chi connectivity index (χ0) is 18.7. The number of imidazole rings is 1. The van der Waals surface area contributed by atoms with Crippen LogP contribution in [0.1, 0.15) is 5.56 Å². The van der Waals surface area contributed by atoms with E-state index >= 15 is 0 Å². The Bertz CT molecular complexity index is 986. The quantitative estimate of drug-likeness (QED) is 0.389. The van der Waals surface area contributed by atoms with Crippen molar-refractivity contribution < 1.29 is 14.5 Å². The maximum atomic E-state index is 12.2. The van der Waals surface area contributed by atoms with Crippen LogP contribution in [0.4, 0.5) is 11.4 Å². The molecular formula is C17H16N4O4S. The molecule has 8 nitrogen and oxygen atoms in total.